The van der Waals surface area contributed by atoms with Gasteiger partial charge in [0.2, 0.25) is 11.0 Å². The Kier molecular flexibility index (Phi) is 4.81. The molecule has 1 atom stereocenters. The van der Waals surface area contributed by atoms with Crippen molar-refractivity contribution >= 4 is 34.1 Å². The zero-order chi connectivity index (χ0) is 13.9. The minimum absolute atomic E-state index is 0.0107. The summed E-state index contributed by atoms with van der Waals surface area (Å²) < 4.78 is 0. The number of rotatable bonds is 3. The van der Waals surface area contributed by atoms with Crippen LogP contribution in [0.3, 0.4) is 0 Å². The number of amides is 1. The van der Waals surface area contributed by atoms with Crippen LogP contribution < -0.4 is 10.6 Å². The van der Waals surface area contributed by atoms with E-state index in [0.717, 1.165) is 23.1 Å². The van der Waals surface area contributed by atoms with Gasteiger partial charge in [0.1, 0.15) is 5.01 Å². The Bertz CT molecular complexity index is 435. The summed E-state index contributed by atoms with van der Waals surface area (Å²) in [5.41, 5.74) is -0.0256. The highest BCUT2D eigenvalue weighted by Gasteiger charge is 2.21. The molecule has 2 N–H and O–H groups in total. The lowest BCUT2D eigenvalue weighted by Gasteiger charge is -2.22. The molecule has 2 rings (SSSR count). The Morgan fingerprint density at radius 2 is 2.26 bits per heavy atom. The lowest BCUT2D eigenvalue weighted by atomic mass is 9.98. The van der Waals surface area contributed by atoms with E-state index < -0.39 is 0 Å². The molecule has 2 heterocycles. The quantitative estimate of drug-likeness (QED) is 0.892. The maximum atomic E-state index is 11.9. The van der Waals surface area contributed by atoms with Gasteiger partial charge in [-0.05, 0) is 0 Å². The molecule has 0 bridgehead atoms. The van der Waals surface area contributed by atoms with E-state index in [2.05, 4.69) is 41.6 Å². The van der Waals surface area contributed by atoms with Crippen molar-refractivity contribution in [1.29, 1.82) is 0 Å². The molecule has 1 aromatic rings. The average Bonchev–Trinajstić information content (AvgIpc) is 2.78. The normalized spacial score (nSPS) is 20.3. The summed E-state index contributed by atoms with van der Waals surface area (Å²) in [5.74, 6) is 2.14. The molecule has 0 aromatic carbocycles. The number of anilines is 1. The number of hydrogen-bond acceptors (Lipinski definition) is 6. The highest BCUT2D eigenvalue weighted by Crippen LogP contribution is 2.27. The van der Waals surface area contributed by atoms with Crippen LogP contribution in [0.1, 0.15) is 32.2 Å². The molecule has 19 heavy (non-hydrogen) atoms. The van der Waals surface area contributed by atoms with Gasteiger partial charge in [0, 0.05) is 35.9 Å². The molecule has 7 heteroatoms. The van der Waals surface area contributed by atoms with E-state index >= 15 is 0 Å². The third kappa shape index (κ3) is 4.43. The largest absolute Gasteiger partial charge is 0.312 e. The first-order valence-electron chi connectivity index (χ1n) is 6.40. The predicted molar refractivity (Wildman–Crippen MR) is 81.0 cm³/mol. The van der Waals surface area contributed by atoms with Gasteiger partial charge in [-0.15, -0.1) is 10.2 Å². The summed E-state index contributed by atoms with van der Waals surface area (Å²) in [6, 6.07) is 0.272. The maximum absolute atomic E-state index is 11.9. The number of nitrogens with one attached hydrogen (secondary N) is 2. The van der Waals surface area contributed by atoms with E-state index in [1.165, 1.54) is 11.3 Å². The smallest absolute Gasteiger partial charge is 0.227 e. The number of thioether (sulfide) groups is 1. The van der Waals surface area contributed by atoms with E-state index in [0.29, 0.717) is 11.6 Å². The van der Waals surface area contributed by atoms with E-state index in [1.54, 1.807) is 0 Å². The van der Waals surface area contributed by atoms with E-state index in [-0.39, 0.29) is 17.4 Å². The van der Waals surface area contributed by atoms with Crippen LogP contribution in [0.25, 0.3) is 0 Å². The first kappa shape index (κ1) is 14.7. The second kappa shape index (κ2) is 6.19. The molecular formula is C12H20N4OS2. The molecule has 1 unspecified atom stereocenters. The highest BCUT2D eigenvalue weighted by molar-refractivity contribution is 7.99. The Morgan fingerprint density at radius 1 is 1.47 bits per heavy atom. The molecule has 106 valence electrons. The minimum Gasteiger partial charge on any atom is -0.312 e. The van der Waals surface area contributed by atoms with E-state index in [4.69, 9.17) is 0 Å². The number of carbonyl (C=O) groups excluding carboxylic acids is 1. The Hall–Kier alpha value is -0.660. The van der Waals surface area contributed by atoms with Gasteiger partial charge in [-0.25, -0.2) is 0 Å². The number of aromatic nitrogens is 2. The molecular weight excluding hydrogens is 280 g/mol. The van der Waals surface area contributed by atoms with Crippen molar-refractivity contribution in [3.05, 3.63) is 5.01 Å². The van der Waals surface area contributed by atoms with Gasteiger partial charge in [-0.1, -0.05) is 32.1 Å². The van der Waals surface area contributed by atoms with Crippen molar-refractivity contribution < 1.29 is 4.79 Å². The zero-order valence-corrected chi connectivity index (χ0v) is 13.2. The van der Waals surface area contributed by atoms with Crippen LogP contribution in [-0.4, -0.2) is 40.2 Å². The third-order valence-corrected chi connectivity index (χ3v) is 5.14. The Morgan fingerprint density at radius 3 is 2.84 bits per heavy atom. The minimum atomic E-state index is -0.0256. The van der Waals surface area contributed by atoms with Crippen molar-refractivity contribution in [2.75, 3.05) is 23.4 Å². The SMILES string of the molecule is CC(C)(C)c1nnc(NC(=O)CC2CSCCN2)s1. The van der Waals surface area contributed by atoms with Crippen molar-refractivity contribution in [1.82, 2.24) is 15.5 Å². The summed E-state index contributed by atoms with van der Waals surface area (Å²) in [7, 11) is 0. The number of hydrogen-bond donors (Lipinski definition) is 2. The number of nitrogens with zero attached hydrogens (tertiary/aromatic N) is 2. The van der Waals surface area contributed by atoms with Crippen molar-refractivity contribution in [2.45, 2.75) is 38.6 Å². The molecule has 0 saturated carbocycles. The van der Waals surface area contributed by atoms with Crippen LogP contribution in [-0.2, 0) is 10.2 Å². The van der Waals surface area contributed by atoms with Gasteiger partial charge in [-0.3, -0.25) is 4.79 Å². The fourth-order valence-electron chi connectivity index (χ4n) is 1.72. The fourth-order valence-corrected chi connectivity index (χ4v) is 3.49. The summed E-state index contributed by atoms with van der Waals surface area (Å²) in [6.45, 7) is 7.24. The van der Waals surface area contributed by atoms with Gasteiger partial charge in [0.25, 0.3) is 0 Å². The van der Waals surface area contributed by atoms with Crippen LogP contribution in [0.4, 0.5) is 5.13 Å². The summed E-state index contributed by atoms with van der Waals surface area (Å²) in [5, 5.41) is 15.9. The molecule has 1 amide bonds. The standard InChI is InChI=1S/C12H20N4OS2/c1-12(2,3)10-15-16-11(19-10)14-9(17)6-8-7-18-5-4-13-8/h8,13H,4-7H2,1-3H3,(H,14,16,17). The molecule has 1 aliphatic rings. The van der Waals surface area contributed by atoms with Crippen LogP contribution in [0.2, 0.25) is 0 Å². The maximum Gasteiger partial charge on any atom is 0.227 e. The molecule has 0 aliphatic carbocycles. The predicted octanol–water partition coefficient (Wildman–Crippen LogP) is 1.87. The van der Waals surface area contributed by atoms with Gasteiger partial charge in [-0.2, -0.15) is 11.8 Å². The summed E-state index contributed by atoms with van der Waals surface area (Å²) >= 11 is 3.34. The van der Waals surface area contributed by atoms with Crippen LogP contribution in [0.15, 0.2) is 0 Å². The van der Waals surface area contributed by atoms with Crippen molar-refractivity contribution in [2.24, 2.45) is 0 Å². The fraction of sp³-hybridized carbons (Fsp3) is 0.750. The van der Waals surface area contributed by atoms with Crippen LogP contribution in [0, 0.1) is 0 Å². The lowest BCUT2D eigenvalue weighted by molar-refractivity contribution is -0.116. The Balaban J connectivity index is 1.86. The molecule has 0 radical (unpaired) electrons. The topological polar surface area (TPSA) is 66.9 Å². The van der Waals surface area contributed by atoms with Crippen molar-refractivity contribution in [3.8, 4) is 0 Å². The van der Waals surface area contributed by atoms with Crippen molar-refractivity contribution in [3.63, 3.8) is 0 Å². The van der Waals surface area contributed by atoms with Crippen LogP contribution in [0.5, 0.6) is 0 Å². The van der Waals surface area contributed by atoms with Gasteiger partial charge < -0.3 is 10.6 Å². The zero-order valence-electron chi connectivity index (χ0n) is 11.5. The second-order valence-electron chi connectivity index (χ2n) is 5.64. The van der Waals surface area contributed by atoms with Gasteiger partial charge >= 0.3 is 0 Å². The Labute approximate surface area is 122 Å². The average molecular weight is 300 g/mol. The summed E-state index contributed by atoms with van der Waals surface area (Å²) in [4.78, 5) is 11.9. The van der Waals surface area contributed by atoms with E-state index in [9.17, 15) is 4.79 Å². The van der Waals surface area contributed by atoms with Gasteiger partial charge in [0.05, 0.1) is 0 Å². The van der Waals surface area contributed by atoms with Crippen LogP contribution >= 0.6 is 23.1 Å². The lowest BCUT2D eigenvalue weighted by Crippen LogP contribution is -2.39. The third-order valence-electron chi connectivity index (χ3n) is 2.74. The second-order valence-corrected chi connectivity index (χ2v) is 7.77. The first-order valence-corrected chi connectivity index (χ1v) is 8.37. The molecule has 0 spiro atoms. The molecule has 1 aromatic heterocycles. The molecule has 1 saturated heterocycles. The molecule has 5 nitrogen and oxygen atoms in total. The number of carbonyl (C=O) groups is 1. The van der Waals surface area contributed by atoms with Gasteiger partial charge in [0.15, 0.2) is 0 Å². The van der Waals surface area contributed by atoms with E-state index in [1.807, 2.05) is 11.8 Å². The molecule has 1 aliphatic heterocycles. The first-order chi connectivity index (χ1) is 8.95. The molecule has 1 fully saturated rings. The monoisotopic (exact) mass is 300 g/mol. The summed E-state index contributed by atoms with van der Waals surface area (Å²) in [6.07, 6.45) is 0.497. The highest BCUT2D eigenvalue weighted by atomic mass is 32.2.